The zero-order valence-electron chi connectivity index (χ0n) is 14.0. The number of ether oxygens (including phenoxy) is 1. The van der Waals surface area contributed by atoms with E-state index in [4.69, 9.17) is 9.15 Å². The summed E-state index contributed by atoms with van der Waals surface area (Å²) in [5, 5.41) is 7.29. The van der Waals surface area contributed by atoms with Crippen LogP contribution < -0.4 is 0 Å². The van der Waals surface area contributed by atoms with Crippen molar-refractivity contribution < 1.29 is 18.7 Å². The monoisotopic (exact) mass is 343 g/mol. The highest BCUT2D eigenvalue weighted by Gasteiger charge is 2.33. The summed E-state index contributed by atoms with van der Waals surface area (Å²) in [5.74, 6) is 0.0809. The maximum atomic E-state index is 13.1. The number of aryl methyl sites for hydroxylation is 1. The fourth-order valence-corrected chi connectivity index (χ4v) is 3.64. The maximum Gasteiger partial charge on any atom is 0.275 e. The molecule has 0 aromatic carbocycles. The Balaban J connectivity index is 1.53. The van der Waals surface area contributed by atoms with E-state index in [1.165, 1.54) is 6.26 Å². The van der Waals surface area contributed by atoms with Crippen molar-refractivity contribution in [3.05, 3.63) is 41.1 Å². The van der Waals surface area contributed by atoms with Crippen LogP contribution in [0.25, 0.3) is 0 Å². The molecule has 4 rings (SSSR count). The van der Waals surface area contributed by atoms with Crippen molar-refractivity contribution >= 4 is 11.7 Å². The van der Waals surface area contributed by atoms with E-state index in [1.807, 2.05) is 0 Å². The van der Waals surface area contributed by atoms with Gasteiger partial charge in [-0.05, 0) is 37.8 Å². The van der Waals surface area contributed by atoms with Crippen LogP contribution in [0.3, 0.4) is 0 Å². The van der Waals surface area contributed by atoms with Crippen molar-refractivity contribution in [3.63, 3.8) is 0 Å². The van der Waals surface area contributed by atoms with E-state index in [9.17, 15) is 9.59 Å². The molecule has 2 aromatic heterocycles. The summed E-state index contributed by atoms with van der Waals surface area (Å²) >= 11 is 0. The van der Waals surface area contributed by atoms with Gasteiger partial charge in [0.05, 0.1) is 25.5 Å². The number of carbonyl (C=O) groups is 2. The number of furan rings is 1. The van der Waals surface area contributed by atoms with Gasteiger partial charge in [-0.2, -0.15) is 5.10 Å². The molecule has 25 heavy (non-hydrogen) atoms. The Bertz CT molecular complexity index is 765. The first-order chi connectivity index (χ1) is 12.2. The van der Waals surface area contributed by atoms with E-state index in [1.54, 1.807) is 17.0 Å². The third-order valence-corrected chi connectivity index (χ3v) is 4.96. The second-order valence-electron chi connectivity index (χ2n) is 6.57. The predicted octanol–water partition coefficient (Wildman–Crippen LogP) is 2.00. The quantitative estimate of drug-likeness (QED) is 0.858. The number of hydrogen-bond donors (Lipinski definition) is 1. The van der Waals surface area contributed by atoms with E-state index in [2.05, 4.69) is 10.2 Å². The van der Waals surface area contributed by atoms with E-state index >= 15 is 0 Å². The molecule has 2 aliphatic rings. The molecule has 0 bridgehead atoms. The molecule has 1 fully saturated rings. The highest BCUT2D eigenvalue weighted by molar-refractivity contribution is 5.96. The lowest BCUT2D eigenvalue weighted by Crippen LogP contribution is -2.49. The number of aromatic amines is 1. The normalized spacial score (nSPS) is 20.3. The number of morpholine rings is 1. The Morgan fingerprint density at radius 1 is 1.32 bits per heavy atom. The minimum absolute atomic E-state index is 0.111. The fraction of sp³-hybridized carbons (Fsp3) is 0.500. The van der Waals surface area contributed by atoms with Crippen LogP contribution >= 0.6 is 0 Å². The lowest BCUT2D eigenvalue weighted by Gasteiger charge is -2.35. The number of H-pyrrole nitrogens is 1. The van der Waals surface area contributed by atoms with Crippen LogP contribution in [0.15, 0.2) is 22.8 Å². The molecule has 132 valence electrons. The Kier molecular flexibility index (Phi) is 4.40. The van der Waals surface area contributed by atoms with Crippen molar-refractivity contribution in [2.75, 3.05) is 19.8 Å². The third-order valence-electron chi connectivity index (χ3n) is 4.96. The number of hydrogen-bond acceptors (Lipinski definition) is 5. The second-order valence-corrected chi connectivity index (χ2v) is 6.57. The summed E-state index contributed by atoms with van der Waals surface area (Å²) in [6, 6.07) is 3.03. The van der Waals surface area contributed by atoms with E-state index in [0.717, 1.165) is 36.9 Å². The molecule has 2 aromatic rings. The molecule has 7 nitrogen and oxygen atoms in total. The zero-order chi connectivity index (χ0) is 17.2. The van der Waals surface area contributed by atoms with Gasteiger partial charge < -0.3 is 14.1 Å². The van der Waals surface area contributed by atoms with Gasteiger partial charge in [0.2, 0.25) is 0 Å². The van der Waals surface area contributed by atoms with Crippen molar-refractivity contribution in [2.24, 2.45) is 0 Å². The van der Waals surface area contributed by atoms with Crippen molar-refractivity contribution in [1.29, 1.82) is 0 Å². The number of Topliss-reactive ketones (excluding diaryl/α,β-unsaturated/α-hetero) is 1. The Hall–Kier alpha value is -2.41. The smallest absolute Gasteiger partial charge is 0.275 e. The van der Waals surface area contributed by atoms with E-state index < -0.39 is 0 Å². The topological polar surface area (TPSA) is 88.4 Å². The van der Waals surface area contributed by atoms with Gasteiger partial charge in [-0.25, -0.2) is 0 Å². The van der Waals surface area contributed by atoms with Gasteiger partial charge in [0, 0.05) is 24.2 Å². The number of aromatic nitrogens is 2. The van der Waals surface area contributed by atoms with Gasteiger partial charge in [-0.1, -0.05) is 0 Å². The first-order valence-corrected chi connectivity index (χ1v) is 8.75. The van der Waals surface area contributed by atoms with Crippen LogP contribution in [-0.4, -0.2) is 52.6 Å². The van der Waals surface area contributed by atoms with Gasteiger partial charge in [0.25, 0.3) is 5.91 Å². The number of nitrogens with zero attached hydrogens (tertiary/aromatic N) is 2. The predicted molar refractivity (Wildman–Crippen MR) is 88.5 cm³/mol. The molecule has 1 aliphatic heterocycles. The number of nitrogens with one attached hydrogen (secondary N) is 1. The molecule has 0 radical (unpaired) electrons. The number of carbonyl (C=O) groups excluding carboxylic acids is 2. The molecule has 1 atom stereocenters. The highest BCUT2D eigenvalue weighted by Crippen LogP contribution is 2.25. The summed E-state index contributed by atoms with van der Waals surface area (Å²) in [6.45, 7) is 1.30. The number of ketones is 1. The summed E-state index contributed by atoms with van der Waals surface area (Å²) in [5.41, 5.74) is 2.62. The van der Waals surface area contributed by atoms with Gasteiger partial charge in [0.1, 0.15) is 0 Å². The molecule has 1 aliphatic carbocycles. The lowest BCUT2D eigenvalue weighted by molar-refractivity contribution is -0.00339. The number of amides is 1. The molecule has 7 heteroatoms. The van der Waals surface area contributed by atoms with Crippen molar-refractivity contribution in [2.45, 2.75) is 38.1 Å². The molecular formula is C18H21N3O4. The van der Waals surface area contributed by atoms with Crippen LogP contribution in [-0.2, 0) is 17.6 Å². The van der Waals surface area contributed by atoms with Gasteiger partial charge >= 0.3 is 0 Å². The Labute approximate surface area is 145 Å². The first kappa shape index (κ1) is 16.1. The maximum absolute atomic E-state index is 13.1. The zero-order valence-corrected chi connectivity index (χ0v) is 14.0. The molecule has 0 spiro atoms. The lowest BCUT2D eigenvalue weighted by atomic mass is 9.95. The minimum Gasteiger partial charge on any atom is -0.461 e. The summed E-state index contributed by atoms with van der Waals surface area (Å²) in [7, 11) is 0. The van der Waals surface area contributed by atoms with Crippen LogP contribution in [0.2, 0.25) is 0 Å². The fourth-order valence-electron chi connectivity index (χ4n) is 3.64. The van der Waals surface area contributed by atoms with Crippen LogP contribution in [0, 0.1) is 0 Å². The molecule has 0 unspecified atom stereocenters. The molecular weight excluding hydrogens is 322 g/mol. The van der Waals surface area contributed by atoms with Gasteiger partial charge in [0.15, 0.2) is 17.2 Å². The minimum atomic E-state index is -0.296. The Morgan fingerprint density at radius 2 is 2.20 bits per heavy atom. The van der Waals surface area contributed by atoms with Crippen molar-refractivity contribution in [3.8, 4) is 0 Å². The summed E-state index contributed by atoms with van der Waals surface area (Å²) in [6.07, 6.45) is 5.69. The van der Waals surface area contributed by atoms with Crippen LogP contribution in [0.5, 0.6) is 0 Å². The summed E-state index contributed by atoms with van der Waals surface area (Å²) in [4.78, 5) is 27.1. The third kappa shape index (κ3) is 3.11. The van der Waals surface area contributed by atoms with E-state index in [-0.39, 0.29) is 24.2 Å². The number of fused-ring (bicyclic) bond motifs is 1. The molecule has 1 N–H and O–H groups in total. The second kappa shape index (κ2) is 6.84. The SMILES string of the molecule is O=C(C[C@H]1COCCN1C(=O)c1n[nH]c2c1CCCC2)c1ccco1. The van der Waals surface area contributed by atoms with Gasteiger partial charge in [-0.3, -0.25) is 14.7 Å². The molecule has 3 heterocycles. The average Bonchev–Trinajstić information content (AvgIpc) is 3.31. The van der Waals surface area contributed by atoms with E-state index in [0.29, 0.717) is 31.2 Å². The molecule has 0 saturated carbocycles. The van der Waals surface area contributed by atoms with Crippen LogP contribution in [0.4, 0.5) is 0 Å². The summed E-state index contributed by atoms with van der Waals surface area (Å²) < 4.78 is 10.7. The average molecular weight is 343 g/mol. The van der Waals surface area contributed by atoms with Crippen LogP contribution in [0.1, 0.15) is 51.6 Å². The molecule has 1 saturated heterocycles. The largest absolute Gasteiger partial charge is 0.461 e. The highest BCUT2D eigenvalue weighted by atomic mass is 16.5. The molecule has 1 amide bonds. The first-order valence-electron chi connectivity index (χ1n) is 8.75. The number of rotatable bonds is 4. The van der Waals surface area contributed by atoms with Crippen molar-refractivity contribution in [1.82, 2.24) is 15.1 Å². The van der Waals surface area contributed by atoms with Gasteiger partial charge in [-0.15, -0.1) is 0 Å². The Morgan fingerprint density at radius 3 is 3.04 bits per heavy atom. The standard InChI is InChI=1S/C18H21N3O4/c22-15(16-6-3-8-25-16)10-12-11-24-9-7-21(12)18(23)17-13-4-1-2-5-14(13)19-20-17/h3,6,8,12H,1-2,4-5,7,9-11H2,(H,19,20)/t12-/m0/s1.